The zero-order chi connectivity index (χ0) is 12.3. The monoisotopic (exact) mass is 223 g/mol. The van der Waals surface area contributed by atoms with Gasteiger partial charge in [-0.2, -0.15) is 0 Å². The predicted molar refractivity (Wildman–Crippen MR) is 56.4 cm³/mol. The molecular weight excluding hydrogens is 210 g/mol. The Morgan fingerprint density at radius 3 is 2.56 bits per heavy atom. The minimum absolute atomic E-state index is 0.123. The summed E-state index contributed by atoms with van der Waals surface area (Å²) in [5.41, 5.74) is 1.09. The molecule has 0 aromatic carbocycles. The number of rotatable bonds is 3. The van der Waals surface area contributed by atoms with E-state index in [1.165, 1.54) is 19.2 Å². The zero-order valence-corrected chi connectivity index (χ0v) is 9.35. The minimum Gasteiger partial charge on any atom is -0.478 e. The van der Waals surface area contributed by atoms with Gasteiger partial charge >= 0.3 is 11.9 Å². The van der Waals surface area contributed by atoms with Crippen molar-refractivity contribution in [3.63, 3.8) is 0 Å². The fourth-order valence-electron chi connectivity index (χ4n) is 1.34. The number of carboxylic acids is 1. The molecule has 0 saturated heterocycles. The first-order valence-electron chi connectivity index (χ1n) is 4.75. The fourth-order valence-corrected chi connectivity index (χ4v) is 1.34. The largest absolute Gasteiger partial charge is 0.478 e. The zero-order valence-electron chi connectivity index (χ0n) is 9.35. The summed E-state index contributed by atoms with van der Waals surface area (Å²) in [5, 5.41) is 8.87. The molecule has 1 aromatic heterocycles. The predicted octanol–water partition coefficient (Wildman–Crippen LogP) is 1.36. The van der Waals surface area contributed by atoms with Gasteiger partial charge in [0, 0.05) is 5.69 Å². The fraction of sp³-hybridized carbons (Fsp3) is 0.364. The van der Waals surface area contributed by atoms with Gasteiger partial charge in [0.1, 0.15) is 0 Å². The number of aromatic carboxylic acids is 1. The number of carboxylic acid groups (broad SMARTS) is 1. The third-order valence-electron chi connectivity index (χ3n) is 2.22. The Kier molecular flexibility index (Phi) is 3.60. The molecule has 1 atom stereocenters. The lowest BCUT2D eigenvalue weighted by Crippen LogP contribution is -2.13. The first-order chi connectivity index (χ1) is 7.45. The van der Waals surface area contributed by atoms with Gasteiger partial charge in [-0.1, -0.05) is 0 Å². The second-order valence-electron chi connectivity index (χ2n) is 3.47. The molecule has 0 fully saturated rings. The van der Waals surface area contributed by atoms with Gasteiger partial charge in [-0.15, -0.1) is 0 Å². The SMILES string of the molecule is COC(=O)C(C)c1cc(C(=O)O)cc(C)n1. The maximum absolute atomic E-state index is 11.3. The van der Waals surface area contributed by atoms with Crippen molar-refractivity contribution in [1.82, 2.24) is 4.98 Å². The molecule has 0 bridgehead atoms. The Labute approximate surface area is 93.1 Å². The average Bonchev–Trinajstić information content (AvgIpc) is 2.26. The number of carbonyl (C=O) groups is 2. The summed E-state index contributed by atoms with van der Waals surface area (Å²) in [6, 6.07) is 2.84. The van der Waals surface area contributed by atoms with Crippen LogP contribution in [-0.2, 0) is 9.53 Å². The lowest BCUT2D eigenvalue weighted by atomic mass is 10.0. The average molecular weight is 223 g/mol. The Bertz CT molecular complexity index is 428. The van der Waals surface area contributed by atoms with E-state index < -0.39 is 17.9 Å². The molecule has 1 unspecified atom stereocenters. The molecule has 1 rings (SSSR count). The van der Waals surface area contributed by atoms with E-state index in [0.717, 1.165) is 0 Å². The number of ether oxygens (including phenoxy) is 1. The van der Waals surface area contributed by atoms with E-state index in [9.17, 15) is 9.59 Å². The summed E-state index contributed by atoms with van der Waals surface area (Å²) in [7, 11) is 1.28. The summed E-state index contributed by atoms with van der Waals surface area (Å²) in [5.74, 6) is -2.04. The van der Waals surface area contributed by atoms with Crippen molar-refractivity contribution < 1.29 is 19.4 Å². The first-order valence-corrected chi connectivity index (χ1v) is 4.75. The van der Waals surface area contributed by atoms with Crippen molar-refractivity contribution in [3.05, 3.63) is 29.1 Å². The first kappa shape index (κ1) is 12.2. The highest BCUT2D eigenvalue weighted by atomic mass is 16.5. The number of esters is 1. The molecule has 86 valence electrons. The Hall–Kier alpha value is -1.91. The molecule has 0 saturated carbocycles. The number of pyridine rings is 1. The summed E-state index contributed by atoms with van der Waals surface area (Å²) in [6.45, 7) is 3.30. The summed E-state index contributed by atoms with van der Waals surface area (Å²) in [4.78, 5) is 26.2. The smallest absolute Gasteiger partial charge is 0.335 e. The van der Waals surface area contributed by atoms with Crippen LogP contribution >= 0.6 is 0 Å². The van der Waals surface area contributed by atoms with Crippen LogP contribution in [0.3, 0.4) is 0 Å². The number of aryl methyl sites for hydroxylation is 1. The van der Waals surface area contributed by atoms with E-state index in [1.807, 2.05) is 0 Å². The summed E-state index contributed by atoms with van der Waals surface area (Å²) < 4.78 is 4.58. The van der Waals surface area contributed by atoms with E-state index in [-0.39, 0.29) is 5.56 Å². The highest BCUT2D eigenvalue weighted by molar-refractivity contribution is 5.88. The van der Waals surface area contributed by atoms with Crippen LogP contribution in [0.5, 0.6) is 0 Å². The minimum atomic E-state index is -1.04. The topological polar surface area (TPSA) is 76.5 Å². The van der Waals surface area contributed by atoms with Gasteiger partial charge in [0.25, 0.3) is 0 Å². The van der Waals surface area contributed by atoms with Crippen molar-refractivity contribution in [3.8, 4) is 0 Å². The maximum Gasteiger partial charge on any atom is 0.335 e. The number of nitrogens with zero attached hydrogens (tertiary/aromatic N) is 1. The molecule has 1 heterocycles. The van der Waals surface area contributed by atoms with Crippen LogP contribution in [0.2, 0.25) is 0 Å². The van der Waals surface area contributed by atoms with Crippen molar-refractivity contribution in [2.24, 2.45) is 0 Å². The van der Waals surface area contributed by atoms with E-state index in [2.05, 4.69) is 9.72 Å². The van der Waals surface area contributed by atoms with E-state index in [1.54, 1.807) is 13.8 Å². The Morgan fingerprint density at radius 2 is 2.06 bits per heavy atom. The molecular formula is C11H13NO4. The second-order valence-corrected chi connectivity index (χ2v) is 3.47. The highest BCUT2D eigenvalue weighted by Gasteiger charge is 2.19. The molecule has 0 aliphatic rings. The van der Waals surface area contributed by atoms with Crippen molar-refractivity contribution >= 4 is 11.9 Å². The van der Waals surface area contributed by atoms with Crippen LogP contribution in [0, 0.1) is 6.92 Å². The third-order valence-corrected chi connectivity index (χ3v) is 2.22. The van der Waals surface area contributed by atoms with Crippen molar-refractivity contribution in [2.75, 3.05) is 7.11 Å². The molecule has 0 radical (unpaired) electrons. The molecule has 0 amide bonds. The van der Waals surface area contributed by atoms with Gasteiger partial charge in [-0.05, 0) is 26.0 Å². The normalized spacial score (nSPS) is 11.9. The lowest BCUT2D eigenvalue weighted by Gasteiger charge is -2.10. The molecule has 16 heavy (non-hydrogen) atoms. The Balaban J connectivity index is 3.14. The molecule has 0 aliphatic heterocycles. The molecule has 5 nitrogen and oxygen atoms in total. The molecule has 5 heteroatoms. The maximum atomic E-state index is 11.3. The standard InChI is InChI=1S/C11H13NO4/c1-6-4-8(10(13)14)5-9(12-6)7(2)11(15)16-3/h4-5,7H,1-3H3,(H,13,14). The van der Waals surface area contributed by atoms with E-state index in [4.69, 9.17) is 5.11 Å². The van der Waals surface area contributed by atoms with Gasteiger partial charge in [0.15, 0.2) is 0 Å². The lowest BCUT2D eigenvalue weighted by molar-refractivity contribution is -0.142. The van der Waals surface area contributed by atoms with Gasteiger partial charge < -0.3 is 9.84 Å². The number of methoxy groups -OCH3 is 1. The van der Waals surface area contributed by atoms with E-state index in [0.29, 0.717) is 11.4 Å². The number of carbonyl (C=O) groups excluding carboxylic acids is 1. The molecule has 0 aliphatic carbocycles. The van der Waals surface area contributed by atoms with E-state index >= 15 is 0 Å². The highest BCUT2D eigenvalue weighted by Crippen LogP contribution is 2.16. The number of aromatic nitrogens is 1. The number of hydrogen-bond acceptors (Lipinski definition) is 4. The van der Waals surface area contributed by atoms with Crippen LogP contribution < -0.4 is 0 Å². The van der Waals surface area contributed by atoms with Crippen LogP contribution in [0.4, 0.5) is 0 Å². The molecule has 1 aromatic rings. The van der Waals surface area contributed by atoms with Gasteiger partial charge in [0.2, 0.25) is 0 Å². The number of hydrogen-bond donors (Lipinski definition) is 1. The van der Waals surface area contributed by atoms with Gasteiger partial charge in [-0.25, -0.2) is 4.79 Å². The Morgan fingerprint density at radius 1 is 1.44 bits per heavy atom. The van der Waals surface area contributed by atoms with Crippen LogP contribution in [0.1, 0.15) is 34.6 Å². The second kappa shape index (κ2) is 4.74. The van der Waals surface area contributed by atoms with Gasteiger partial charge in [-0.3, -0.25) is 9.78 Å². The summed E-state index contributed by atoms with van der Waals surface area (Å²) >= 11 is 0. The van der Waals surface area contributed by atoms with Crippen LogP contribution in [0.15, 0.2) is 12.1 Å². The quantitative estimate of drug-likeness (QED) is 0.783. The third kappa shape index (κ3) is 2.56. The van der Waals surface area contributed by atoms with Crippen LogP contribution in [0.25, 0.3) is 0 Å². The van der Waals surface area contributed by atoms with Gasteiger partial charge in [0.05, 0.1) is 24.3 Å². The van der Waals surface area contributed by atoms with Crippen LogP contribution in [-0.4, -0.2) is 29.1 Å². The van der Waals surface area contributed by atoms with Crippen molar-refractivity contribution in [2.45, 2.75) is 19.8 Å². The van der Waals surface area contributed by atoms with Crippen molar-refractivity contribution in [1.29, 1.82) is 0 Å². The molecule has 0 spiro atoms. The molecule has 1 N–H and O–H groups in total. The summed E-state index contributed by atoms with van der Waals surface area (Å²) in [6.07, 6.45) is 0.